The molecule has 0 radical (unpaired) electrons. The van der Waals surface area contributed by atoms with Crippen LogP contribution in [0.2, 0.25) is 0 Å². The van der Waals surface area contributed by atoms with Crippen molar-refractivity contribution in [1.82, 2.24) is 14.5 Å². The number of rotatable bonds is 3. The number of sulfonamides is 1. The first-order valence-electron chi connectivity index (χ1n) is 10.6. The van der Waals surface area contributed by atoms with E-state index in [1.165, 1.54) is 4.31 Å². The molecule has 1 N–H and O–H groups in total. The number of amides is 2. The van der Waals surface area contributed by atoms with E-state index >= 15 is 0 Å². The molecule has 2 aliphatic rings. The van der Waals surface area contributed by atoms with E-state index < -0.39 is 10.0 Å². The van der Waals surface area contributed by atoms with Crippen LogP contribution in [-0.4, -0.2) is 62.2 Å². The second-order valence-corrected chi connectivity index (χ2v) is 9.77. The topological polar surface area (TPSA) is 86.8 Å². The van der Waals surface area contributed by atoms with E-state index in [2.05, 4.69) is 5.32 Å². The first-order chi connectivity index (χ1) is 14.0. The van der Waals surface area contributed by atoms with Crippen molar-refractivity contribution in [2.24, 2.45) is 5.92 Å². The summed E-state index contributed by atoms with van der Waals surface area (Å²) in [5, 5.41) is 2.91. The zero-order chi connectivity index (χ0) is 20.7. The molecule has 29 heavy (non-hydrogen) atoms. The maximum absolute atomic E-state index is 13.1. The van der Waals surface area contributed by atoms with Gasteiger partial charge in [-0.25, -0.2) is 8.42 Å². The van der Waals surface area contributed by atoms with Gasteiger partial charge in [-0.1, -0.05) is 31.0 Å². The van der Waals surface area contributed by atoms with Gasteiger partial charge < -0.3 is 10.2 Å². The summed E-state index contributed by atoms with van der Waals surface area (Å²) in [5.41, 5.74) is 0. The molecule has 2 saturated heterocycles. The quantitative estimate of drug-likeness (QED) is 0.809. The van der Waals surface area contributed by atoms with Gasteiger partial charge in [-0.15, -0.1) is 0 Å². The largest absolute Gasteiger partial charge is 0.356 e. The molecule has 2 heterocycles. The average molecular weight is 422 g/mol. The van der Waals surface area contributed by atoms with Gasteiger partial charge >= 0.3 is 0 Å². The molecule has 1 aromatic rings. The number of carbonyl (C=O) groups excluding carboxylic acids is 2. The Labute approximate surface area is 173 Å². The summed E-state index contributed by atoms with van der Waals surface area (Å²) in [6, 6.07) is 8.43. The summed E-state index contributed by atoms with van der Waals surface area (Å²) in [5.74, 6) is -0.118. The minimum absolute atomic E-state index is 0.00604. The van der Waals surface area contributed by atoms with E-state index in [1.807, 2.05) is 4.90 Å². The van der Waals surface area contributed by atoms with Gasteiger partial charge in [0, 0.05) is 45.1 Å². The average Bonchev–Trinajstić information content (AvgIpc) is 2.79. The van der Waals surface area contributed by atoms with E-state index in [9.17, 15) is 18.0 Å². The van der Waals surface area contributed by atoms with Crippen LogP contribution >= 0.6 is 0 Å². The highest BCUT2D eigenvalue weighted by Gasteiger charge is 2.33. The summed E-state index contributed by atoms with van der Waals surface area (Å²) in [7, 11) is -3.51. The number of nitrogens with one attached hydrogen (secondary N) is 1. The van der Waals surface area contributed by atoms with Crippen molar-refractivity contribution in [3.63, 3.8) is 0 Å². The Morgan fingerprint density at radius 1 is 0.931 bits per heavy atom. The number of hydrogen-bond acceptors (Lipinski definition) is 4. The molecule has 1 aromatic carbocycles. The van der Waals surface area contributed by atoms with E-state index in [0.29, 0.717) is 56.9 Å². The molecule has 8 heteroatoms. The van der Waals surface area contributed by atoms with Crippen molar-refractivity contribution in [2.75, 3.05) is 32.7 Å². The van der Waals surface area contributed by atoms with Crippen molar-refractivity contribution in [3.8, 4) is 0 Å². The zero-order valence-corrected chi connectivity index (χ0v) is 17.7. The van der Waals surface area contributed by atoms with Crippen LogP contribution in [-0.2, 0) is 19.6 Å². The minimum atomic E-state index is -3.51. The summed E-state index contributed by atoms with van der Waals surface area (Å²) in [4.78, 5) is 27.1. The molecular weight excluding hydrogens is 390 g/mol. The van der Waals surface area contributed by atoms with Crippen molar-refractivity contribution < 1.29 is 18.0 Å². The highest BCUT2D eigenvalue weighted by Crippen LogP contribution is 2.25. The molecule has 160 valence electrons. The maximum Gasteiger partial charge on any atom is 0.243 e. The molecule has 7 nitrogen and oxygen atoms in total. The first kappa shape index (κ1) is 21.8. The van der Waals surface area contributed by atoms with E-state index in [-0.39, 0.29) is 17.7 Å². The number of carbonyl (C=O) groups is 2. The standard InChI is InChI=1S/C21H31N3O4S/c25-20-12-15-23(14-7-2-1-6-13-22-20)21(26)18-10-16-24(17-11-18)29(27,28)19-8-4-3-5-9-19/h3-5,8-9,18H,1-2,6-7,10-17H2,(H,22,25). The predicted molar refractivity (Wildman–Crippen MR) is 111 cm³/mol. The number of nitrogens with zero attached hydrogens (tertiary/aromatic N) is 2. The van der Waals surface area contributed by atoms with Gasteiger partial charge in [0.25, 0.3) is 0 Å². The lowest BCUT2D eigenvalue weighted by atomic mass is 9.96. The van der Waals surface area contributed by atoms with Crippen molar-refractivity contribution in [3.05, 3.63) is 30.3 Å². The van der Waals surface area contributed by atoms with Gasteiger partial charge in [-0.3, -0.25) is 9.59 Å². The summed E-state index contributed by atoms with van der Waals surface area (Å²) < 4.78 is 27.0. The zero-order valence-electron chi connectivity index (χ0n) is 16.9. The van der Waals surface area contributed by atoms with Crippen LogP contribution in [0.15, 0.2) is 35.2 Å². The molecule has 0 aromatic heterocycles. The van der Waals surface area contributed by atoms with E-state index in [0.717, 1.165) is 25.7 Å². The molecule has 0 unspecified atom stereocenters. The van der Waals surface area contributed by atoms with Gasteiger partial charge in [0.05, 0.1) is 4.90 Å². The predicted octanol–water partition coefficient (Wildman–Crippen LogP) is 2.00. The third kappa shape index (κ3) is 5.79. The van der Waals surface area contributed by atoms with Gasteiger partial charge in [0.2, 0.25) is 21.8 Å². The molecule has 2 fully saturated rings. The SMILES string of the molecule is O=C1CCN(C(=O)C2CCN(S(=O)(=O)c3ccccc3)CC2)CCCCCCN1. The Bertz CT molecular complexity index is 789. The van der Waals surface area contributed by atoms with Crippen LogP contribution in [0.25, 0.3) is 0 Å². The maximum atomic E-state index is 13.1. The second kappa shape index (κ2) is 10.2. The fourth-order valence-corrected chi connectivity index (χ4v) is 5.50. The van der Waals surface area contributed by atoms with Crippen molar-refractivity contribution >= 4 is 21.8 Å². The Hall–Kier alpha value is -1.93. The van der Waals surface area contributed by atoms with Crippen LogP contribution < -0.4 is 5.32 Å². The van der Waals surface area contributed by atoms with Gasteiger partial charge in [0.15, 0.2) is 0 Å². The molecule has 3 rings (SSSR count). The Balaban J connectivity index is 1.58. The van der Waals surface area contributed by atoms with Crippen LogP contribution in [0.3, 0.4) is 0 Å². The highest BCUT2D eigenvalue weighted by molar-refractivity contribution is 7.89. The summed E-state index contributed by atoms with van der Waals surface area (Å²) in [6.07, 6.45) is 5.40. The van der Waals surface area contributed by atoms with Gasteiger partial charge in [-0.05, 0) is 37.8 Å². The fourth-order valence-electron chi connectivity index (χ4n) is 4.01. The van der Waals surface area contributed by atoms with Gasteiger partial charge in [0.1, 0.15) is 0 Å². The highest BCUT2D eigenvalue weighted by atomic mass is 32.2. The van der Waals surface area contributed by atoms with Crippen LogP contribution in [0.5, 0.6) is 0 Å². The number of hydrogen-bond donors (Lipinski definition) is 1. The fraction of sp³-hybridized carbons (Fsp3) is 0.619. The first-order valence-corrected chi connectivity index (χ1v) is 12.0. The van der Waals surface area contributed by atoms with Crippen molar-refractivity contribution in [1.29, 1.82) is 0 Å². The summed E-state index contributed by atoms with van der Waals surface area (Å²) >= 11 is 0. The number of benzene rings is 1. The minimum Gasteiger partial charge on any atom is -0.356 e. The normalized spacial score (nSPS) is 21.2. The molecule has 2 aliphatic heterocycles. The van der Waals surface area contributed by atoms with E-state index in [4.69, 9.17) is 0 Å². The van der Waals surface area contributed by atoms with Crippen LogP contribution in [0, 0.1) is 5.92 Å². The third-order valence-corrected chi connectivity index (χ3v) is 7.69. The Morgan fingerprint density at radius 2 is 1.62 bits per heavy atom. The number of piperidine rings is 1. The molecule has 0 aliphatic carbocycles. The smallest absolute Gasteiger partial charge is 0.243 e. The lowest BCUT2D eigenvalue weighted by Gasteiger charge is -2.33. The lowest BCUT2D eigenvalue weighted by molar-refractivity contribution is -0.137. The monoisotopic (exact) mass is 421 g/mol. The van der Waals surface area contributed by atoms with Crippen LogP contribution in [0.1, 0.15) is 44.9 Å². The van der Waals surface area contributed by atoms with E-state index in [1.54, 1.807) is 30.3 Å². The Kier molecular flexibility index (Phi) is 7.66. The Morgan fingerprint density at radius 3 is 2.34 bits per heavy atom. The molecular formula is C21H31N3O4S. The van der Waals surface area contributed by atoms with Gasteiger partial charge in [-0.2, -0.15) is 4.31 Å². The molecule has 2 amide bonds. The van der Waals surface area contributed by atoms with Crippen molar-refractivity contribution in [2.45, 2.75) is 49.8 Å². The molecule has 0 spiro atoms. The molecule has 0 atom stereocenters. The van der Waals surface area contributed by atoms with Crippen LogP contribution in [0.4, 0.5) is 0 Å². The third-order valence-electron chi connectivity index (χ3n) is 5.78. The molecule has 0 bridgehead atoms. The second-order valence-electron chi connectivity index (χ2n) is 7.83. The lowest BCUT2D eigenvalue weighted by Crippen LogP contribution is -2.45. The summed E-state index contributed by atoms with van der Waals surface area (Å²) in [6.45, 7) is 2.52. The molecule has 0 saturated carbocycles.